The molecule has 1 aliphatic rings. The van der Waals surface area contributed by atoms with Crippen LogP contribution in [0.1, 0.15) is 38.3 Å². The molecule has 1 N–H and O–H groups in total. The Morgan fingerprint density at radius 3 is 2.58 bits per heavy atom. The van der Waals surface area contributed by atoms with E-state index in [1.807, 2.05) is 25.1 Å². The third-order valence-corrected chi connectivity index (χ3v) is 4.33. The van der Waals surface area contributed by atoms with Gasteiger partial charge in [0.1, 0.15) is 6.04 Å². The molecule has 5 nitrogen and oxygen atoms in total. The lowest BCUT2D eigenvalue weighted by molar-refractivity contribution is -0.148. The number of ether oxygens (including phenoxy) is 2. The van der Waals surface area contributed by atoms with Crippen molar-refractivity contribution in [1.82, 2.24) is 10.2 Å². The number of hydrogen-bond donors (Lipinski definition) is 1. The molecule has 5 heteroatoms. The molecular weight excluding hydrogens is 304 g/mol. The number of esters is 1. The molecule has 1 fully saturated rings. The molecule has 1 heterocycles. The molecule has 2 atom stereocenters. The highest BCUT2D eigenvalue weighted by atomic mass is 16.5. The van der Waals surface area contributed by atoms with Crippen molar-refractivity contribution >= 4 is 5.97 Å². The van der Waals surface area contributed by atoms with E-state index in [9.17, 15) is 4.79 Å². The largest absolute Gasteiger partial charge is 0.465 e. The number of hydrogen-bond acceptors (Lipinski definition) is 5. The number of rotatable bonds is 9. The minimum absolute atomic E-state index is 0.0361. The first-order chi connectivity index (χ1) is 11.8. The quantitative estimate of drug-likeness (QED) is 0.555. The predicted octanol–water partition coefficient (Wildman–Crippen LogP) is 2.38. The molecule has 0 bridgehead atoms. The summed E-state index contributed by atoms with van der Waals surface area (Å²) in [6, 6.07) is 9.84. The second kappa shape index (κ2) is 10.4. The van der Waals surface area contributed by atoms with Gasteiger partial charge < -0.3 is 14.8 Å². The molecule has 0 aromatic heterocycles. The number of nitrogens with one attached hydrogen (secondary N) is 1. The minimum Gasteiger partial charge on any atom is -0.465 e. The fraction of sp³-hybridized carbons (Fsp3) is 0.632. The Bertz CT molecular complexity index is 475. The van der Waals surface area contributed by atoms with Gasteiger partial charge in [0.2, 0.25) is 0 Å². The van der Waals surface area contributed by atoms with Crippen molar-refractivity contribution in [1.29, 1.82) is 0 Å². The normalized spacial score (nSPS) is 18.1. The van der Waals surface area contributed by atoms with Gasteiger partial charge in [0.25, 0.3) is 0 Å². The van der Waals surface area contributed by atoms with Crippen LogP contribution in [-0.4, -0.2) is 56.4 Å². The number of morpholine rings is 1. The highest BCUT2D eigenvalue weighted by Crippen LogP contribution is 2.26. The van der Waals surface area contributed by atoms with Crippen molar-refractivity contribution in [3.63, 3.8) is 0 Å². The van der Waals surface area contributed by atoms with Crippen molar-refractivity contribution in [2.75, 3.05) is 39.5 Å². The highest BCUT2D eigenvalue weighted by Gasteiger charge is 2.35. The van der Waals surface area contributed by atoms with Gasteiger partial charge in [0, 0.05) is 13.1 Å². The maximum atomic E-state index is 12.7. The van der Waals surface area contributed by atoms with Gasteiger partial charge in [-0.3, -0.25) is 9.69 Å². The summed E-state index contributed by atoms with van der Waals surface area (Å²) in [6.45, 7) is 8.27. The SMILES string of the molecule is CCCCN[C@H](C(=O)OCC)[C@@H](c1ccccc1)N1CCOCC1. The Balaban J connectivity index is 2.25. The molecule has 1 saturated heterocycles. The summed E-state index contributed by atoms with van der Waals surface area (Å²) in [4.78, 5) is 15.0. The van der Waals surface area contributed by atoms with Crippen molar-refractivity contribution in [3.8, 4) is 0 Å². The molecule has 1 aliphatic heterocycles. The van der Waals surface area contributed by atoms with Crippen LogP contribution in [0.3, 0.4) is 0 Å². The van der Waals surface area contributed by atoms with Crippen molar-refractivity contribution in [2.24, 2.45) is 0 Å². The fourth-order valence-electron chi connectivity index (χ4n) is 3.11. The van der Waals surface area contributed by atoms with Gasteiger partial charge in [-0.2, -0.15) is 0 Å². The number of carbonyl (C=O) groups is 1. The molecule has 0 spiro atoms. The van der Waals surface area contributed by atoms with Gasteiger partial charge in [-0.1, -0.05) is 43.7 Å². The Hall–Kier alpha value is -1.43. The zero-order valence-corrected chi connectivity index (χ0v) is 14.9. The van der Waals surface area contributed by atoms with Crippen LogP contribution in [0.5, 0.6) is 0 Å². The van der Waals surface area contributed by atoms with E-state index in [0.29, 0.717) is 19.8 Å². The number of unbranched alkanes of at least 4 members (excludes halogenated alkanes) is 1. The Morgan fingerprint density at radius 1 is 1.25 bits per heavy atom. The molecule has 2 rings (SSSR count). The number of benzene rings is 1. The van der Waals surface area contributed by atoms with Crippen LogP contribution in [-0.2, 0) is 14.3 Å². The summed E-state index contributed by atoms with van der Waals surface area (Å²) >= 11 is 0. The van der Waals surface area contributed by atoms with E-state index in [-0.39, 0.29) is 18.1 Å². The van der Waals surface area contributed by atoms with Crippen molar-refractivity contribution in [3.05, 3.63) is 35.9 Å². The molecule has 24 heavy (non-hydrogen) atoms. The standard InChI is InChI=1S/C19H30N2O3/c1-3-5-11-20-17(19(22)24-4-2)18(16-9-7-6-8-10-16)21-12-14-23-15-13-21/h6-10,17-18,20H,3-5,11-15H2,1-2H3/t17-,18+/m0/s1. The summed E-state index contributed by atoms with van der Waals surface area (Å²) < 4.78 is 10.9. The summed E-state index contributed by atoms with van der Waals surface area (Å²) in [7, 11) is 0. The summed E-state index contributed by atoms with van der Waals surface area (Å²) in [5.41, 5.74) is 1.14. The predicted molar refractivity (Wildman–Crippen MR) is 94.9 cm³/mol. The van der Waals surface area contributed by atoms with Crippen LogP contribution in [0.25, 0.3) is 0 Å². The molecule has 134 valence electrons. The lowest BCUT2D eigenvalue weighted by atomic mass is 9.96. The van der Waals surface area contributed by atoms with E-state index in [4.69, 9.17) is 9.47 Å². The van der Waals surface area contributed by atoms with Gasteiger partial charge >= 0.3 is 5.97 Å². The zero-order valence-electron chi connectivity index (χ0n) is 14.9. The second-order valence-electron chi connectivity index (χ2n) is 6.04. The second-order valence-corrected chi connectivity index (χ2v) is 6.04. The molecule has 0 unspecified atom stereocenters. The van der Waals surface area contributed by atoms with E-state index in [1.165, 1.54) is 0 Å². The Labute approximate surface area is 145 Å². The van der Waals surface area contributed by atoms with Gasteiger partial charge in [-0.15, -0.1) is 0 Å². The zero-order chi connectivity index (χ0) is 17.2. The number of carbonyl (C=O) groups excluding carboxylic acids is 1. The van der Waals surface area contributed by atoms with Crippen LogP contribution in [0.2, 0.25) is 0 Å². The molecule has 0 radical (unpaired) electrons. The number of nitrogens with zero attached hydrogens (tertiary/aromatic N) is 1. The Morgan fingerprint density at radius 2 is 1.96 bits per heavy atom. The Kier molecular flexibility index (Phi) is 8.22. The van der Waals surface area contributed by atoms with Crippen molar-refractivity contribution < 1.29 is 14.3 Å². The van der Waals surface area contributed by atoms with E-state index in [2.05, 4.69) is 29.3 Å². The van der Waals surface area contributed by atoms with E-state index >= 15 is 0 Å². The summed E-state index contributed by atoms with van der Waals surface area (Å²) in [5, 5.41) is 3.44. The van der Waals surface area contributed by atoms with Crippen LogP contribution >= 0.6 is 0 Å². The molecule has 1 aromatic rings. The molecule has 1 aromatic carbocycles. The molecule has 0 saturated carbocycles. The maximum Gasteiger partial charge on any atom is 0.325 e. The first kappa shape index (κ1) is 18.9. The first-order valence-electron chi connectivity index (χ1n) is 9.04. The minimum atomic E-state index is -0.364. The van der Waals surface area contributed by atoms with Gasteiger partial charge in [0.15, 0.2) is 0 Å². The van der Waals surface area contributed by atoms with Gasteiger partial charge in [-0.25, -0.2) is 0 Å². The average Bonchev–Trinajstić information content (AvgIpc) is 2.63. The van der Waals surface area contributed by atoms with Gasteiger partial charge in [-0.05, 0) is 25.5 Å². The van der Waals surface area contributed by atoms with Gasteiger partial charge in [0.05, 0.1) is 25.9 Å². The highest BCUT2D eigenvalue weighted by molar-refractivity contribution is 5.77. The van der Waals surface area contributed by atoms with E-state index in [0.717, 1.165) is 38.0 Å². The van der Waals surface area contributed by atoms with E-state index in [1.54, 1.807) is 0 Å². The molecular formula is C19H30N2O3. The van der Waals surface area contributed by atoms with Crippen LogP contribution < -0.4 is 5.32 Å². The molecule has 0 aliphatic carbocycles. The monoisotopic (exact) mass is 334 g/mol. The third-order valence-electron chi connectivity index (χ3n) is 4.33. The summed E-state index contributed by atoms with van der Waals surface area (Å²) in [6.07, 6.45) is 2.14. The smallest absolute Gasteiger partial charge is 0.325 e. The average molecular weight is 334 g/mol. The summed E-state index contributed by atoms with van der Waals surface area (Å²) in [5.74, 6) is -0.172. The maximum absolute atomic E-state index is 12.7. The lowest BCUT2D eigenvalue weighted by Gasteiger charge is -2.38. The molecule has 0 amide bonds. The van der Waals surface area contributed by atoms with Crippen LogP contribution in [0.4, 0.5) is 0 Å². The van der Waals surface area contributed by atoms with E-state index < -0.39 is 0 Å². The third kappa shape index (κ3) is 5.30. The first-order valence-corrected chi connectivity index (χ1v) is 9.04. The lowest BCUT2D eigenvalue weighted by Crippen LogP contribution is -2.52. The van der Waals surface area contributed by atoms with Crippen LogP contribution in [0.15, 0.2) is 30.3 Å². The topological polar surface area (TPSA) is 50.8 Å². The van der Waals surface area contributed by atoms with Crippen molar-refractivity contribution in [2.45, 2.75) is 38.8 Å². The fourth-order valence-corrected chi connectivity index (χ4v) is 3.11. The van der Waals surface area contributed by atoms with Crippen LogP contribution in [0, 0.1) is 0 Å².